The van der Waals surface area contributed by atoms with E-state index in [4.69, 9.17) is 5.73 Å². The molecule has 0 aromatic rings. The number of thioether (sulfide) groups is 1. The summed E-state index contributed by atoms with van der Waals surface area (Å²) < 4.78 is 0. The molecule has 0 aromatic heterocycles. The van der Waals surface area contributed by atoms with Crippen LogP contribution in [-0.2, 0) is 4.79 Å². The molecule has 4 heteroatoms. The standard InChI is InChI=1S/C13H26N2OS/c1-10(9-14)6-7-13(16)15-11-4-3-5-12(8-11)17-2/h10-12H,3-9,14H2,1-2H3,(H,15,16). The van der Waals surface area contributed by atoms with Gasteiger partial charge in [0.25, 0.3) is 0 Å². The van der Waals surface area contributed by atoms with Crippen LogP contribution >= 0.6 is 11.8 Å². The van der Waals surface area contributed by atoms with E-state index in [9.17, 15) is 4.79 Å². The molecule has 0 aliphatic heterocycles. The van der Waals surface area contributed by atoms with Crippen LogP contribution in [0.4, 0.5) is 0 Å². The van der Waals surface area contributed by atoms with Crippen LogP contribution in [0.15, 0.2) is 0 Å². The Morgan fingerprint density at radius 2 is 2.29 bits per heavy atom. The lowest BCUT2D eigenvalue weighted by molar-refractivity contribution is -0.122. The first-order chi connectivity index (χ1) is 8.15. The number of hydrogen-bond donors (Lipinski definition) is 2. The lowest BCUT2D eigenvalue weighted by Crippen LogP contribution is -2.39. The van der Waals surface area contributed by atoms with Crippen molar-refractivity contribution in [1.29, 1.82) is 0 Å². The average Bonchev–Trinajstić information content (AvgIpc) is 2.36. The predicted molar refractivity (Wildman–Crippen MR) is 75.2 cm³/mol. The van der Waals surface area contributed by atoms with E-state index in [-0.39, 0.29) is 5.91 Å². The zero-order chi connectivity index (χ0) is 12.7. The number of carbonyl (C=O) groups is 1. The van der Waals surface area contributed by atoms with Crippen molar-refractivity contribution in [1.82, 2.24) is 5.32 Å². The van der Waals surface area contributed by atoms with Crippen molar-refractivity contribution in [3.8, 4) is 0 Å². The zero-order valence-corrected chi connectivity index (χ0v) is 11.9. The maximum absolute atomic E-state index is 11.8. The molecule has 0 bridgehead atoms. The molecule has 0 spiro atoms. The minimum Gasteiger partial charge on any atom is -0.353 e. The highest BCUT2D eigenvalue weighted by atomic mass is 32.2. The maximum atomic E-state index is 11.8. The fraction of sp³-hybridized carbons (Fsp3) is 0.923. The summed E-state index contributed by atoms with van der Waals surface area (Å²) in [5.74, 6) is 0.656. The van der Waals surface area contributed by atoms with Gasteiger partial charge in [-0.1, -0.05) is 13.3 Å². The number of nitrogens with two attached hydrogens (primary N) is 1. The van der Waals surface area contributed by atoms with Crippen molar-refractivity contribution in [2.24, 2.45) is 11.7 Å². The molecule has 1 aliphatic carbocycles. The highest BCUT2D eigenvalue weighted by molar-refractivity contribution is 7.99. The monoisotopic (exact) mass is 258 g/mol. The summed E-state index contributed by atoms with van der Waals surface area (Å²) in [5, 5.41) is 3.90. The Morgan fingerprint density at radius 3 is 2.94 bits per heavy atom. The van der Waals surface area contributed by atoms with Gasteiger partial charge in [0.05, 0.1) is 0 Å². The Morgan fingerprint density at radius 1 is 1.53 bits per heavy atom. The number of nitrogens with one attached hydrogen (secondary N) is 1. The quantitative estimate of drug-likeness (QED) is 0.767. The van der Waals surface area contributed by atoms with Gasteiger partial charge in [0.2, 0.25) is 5.91 Å². The highest BCUT2D eigenvalue weighted by Gasteiger charge is 2.22. The summed E-state index contributed by atoms with van der Waals surface area (Å²) in [5.41, 5.74) is 5.54. The molecule has 3 N–H and O–H groups in total. The fourth-order valence-electron chi connectivity index (χ4n) is 2.29. The van der Waals surface area contributed by atoms with Crippen molar-refractivity contribution in [3.63, 3.8) is 0 Å². The Labute approximate surface area is 109 Å². The van der Waals surface area contributed by atoms with Crippen molar-refractivity contribution in [2.45, 2.75) is 56.7 Å². The van der Waals surface area contributed by atoms with Crippen molar-refractivity contribution in [3.05, 3.63) is 0 Å². The first-order valence-electron chi connectivity index (χ1n) is 6.68. The third-order valence-corrected chi connectivity index (χ3v) is 4.69. The number of hydrogen-bond acceptors (Lipinski definition) is 3. The van der Waals surface area contributed by atoms with Crippen molar-refractivity contribution in [2.75, 3.05) is 12.8 Å². The van der Waals surface area contributed by atoms with Crippen LogP contribution in [0.3, 0.4) is 0 Å². The van der Waals surface area contributed by atoms with Crippen LogP contribution in [0, 0.1) is 5.92 Å². The first-order valence-corrected chi connectivity index (χ1v) is 7.96. The molecule has 3 atom stereocenters. The fourth-order valence-corrected chi connectivity index (χ4v) is 3.11. The second-order valence-corrected chi connectivity index (χ2v) is 6.31. The van der Waals surface area contributed by atoms with Gasteiger partial charge in [-0.15, -0.1) is 0 Å². The SMILES string of the molecule is CSC1CCCC(NC(=O)CCC(C)CN)C1. The Balaban J connectivity index is 2.21. The molecule has 0 saturated heterocycles. The Kier molecular flexibility index (Phi) is 6.97. The molecule has 17 heavy (non-hydrogen) atoms. The number of amides is 1. The van der Waals surface area contributed by atoms with Gasteiger partial charge in [0.15, 0.2) is 0 Å². The molecular formula is C13H26N2OS. The van der Waals surface area contributed by atoms with Gasteiger partial charge in [0, 0.05) is 17.7 Å². The van der Waals surface area contributed by atoms with Crippen LogP contribution in [0.1, 0.15) is 45.4 Å². The van der Waals surface area contributed by atoms with Gasteiger partial charge in [0.1, 0.15) is 0 Å². The van der Waals surface area contributed by atoms with E-state index in [0.29, 0.717) is 24.9 Å². The van der Waals surface area contributed by atoms with Gasteiger partial charge < -0.3 is 11.1 Å². The van der Waals surface area contributed by atoms with E-state index in [1.165, 1.54) is 12.8 Å². The van der Waals surface area contributed by atoms with E-state index in [2.05, 4.69) is 18.5 Å². The maximum Gasteiger partial charge on any atom is 0.220 e. The first kappa shape index (κ1) is 14.8. The molecule has 1 aliphatic rings. The zero-order valence-electron chi connectivity index (χ0n) is 11.1. The molecule has 1 amide bonds. The van der Waals surface area contributed by atoms with Gasteiger partial charge >= 0.3 is 0 Å². The normalized spacial score (nSPS) is 26.5. The second-order valence-electron chi connectivity index (χ2n) is 5.17. The molecule has 0 heterocycles. The second kappa shape index (κ2) is 7.98. The average molecular weight is 258 g/mol. The van der Waals surface area contributed by atoms with Gasteiger partial charge in [-0.25, -0.2) is 0 Å². The summed E-state index contributed by atoms with van der Waals surface area (Å²) in [6.07, 6.45) is 8.53. The largest absolute Gasteiger partial charge is 0.353 e. The smallest absolute Gasteiger partial charge is 0.220 e. The van der Waals surface area contributed by atoms with Crippen LogP contribution in [0.25, 0.3) is 0 Å². The summed E-state index contributed by atoms with van der Waals surface area (Å²) >= 11 is 1.93. The van der Waals surface area contributed by atoms with E-state index >= 15 is 0 Å². The molecule has 0 aromatic carbocycles. The molecule has 3 nitrogen and oxygen atoms in total. The van der Waals surface area contributed by atoms with Crippen LogP contribution in [0.2, 0.25) is 0 Å². The summed E-state index contributed by atoms with van der Waals surface area (Å²) in [6.45, 7) is 2.77. The molecule has 1 fully saturated rings. The van der Waals surface area contributed by atoms with Crippen molar-refractivity contribution >= 4 is 17.7 Å². The summed E-state index contributed by atoms with van der Waals surface area (Å²) in [7, 11) is 0. The Bertz CT molecular complexity index is 235. The minimum atomic E-state index is 0.206. The highest BCUT2D eigenvalue weighted by Crippen LogP contribution is 2.26. The van der Waals surface area contributed by atoms with E-state index in [0.717, 1.165) is 24.5 Å². The minimum absolute atomic E-state index is 0.206. The van der Waals surface area contributed by atoms with Crippen molar-refractivity contribution < 1.29 is 4.79 Å². The lowest BCUT2D eigenvalue weighted by atomic mass is 9.94. The molecule has 1 saturated carbocycles. The molecule has 3 unspecified atom stereocenters. The third kappa shape index (κ3) is 5.77. The summed E-state index contributed by atoms with van der Waals surface area (Å²) in [4.78, 5) is 11.8. The third-order valence-electron chi connectivity index (χ3n) is 3.59. The lowest BCUT2D eigenvalue weighted by Gasteiger charge is -2.28. The van der Waals surface area contributed by atoms with Gasteiger partial charge in [-0.2, -0.15) is 11.8 Å². The number of rotatable bonds is 6. The summed E-state index contributed by atoms with van der Waals surface area (Å²) in [6, 6.07) is 0.405. The molecule has 100 valence electrons. The van der Waals surface area contributed by atoms with E-state index in [1.807, 2.05) is 11.8 Å². The van der Waals surface area contributed by atoms with Crippen LogP contribution < -0.4 is 11.1 Å². The molecule has 1 rings (SSSR count). The van der Waals surface area contributed by atoms with Crippen LogP contribution in [-0.4, -0.2) is 30.0 Å². The number of carbonyl (C=O) groups excluding carboxylic acids is 1. The predicted octanol–water partition coefficient (Wildman–Crippen LogP) is 2.15. The van der Waals surface area contributed by atoms with E-state index in [1.54, 1.807) is 0 Å². The van der Waals surface area contributed by atoms with Gasteiger partial charge in [-0.3, -0.25) is 4.79 Å². The van der Waals surface area contributed by atoms with Gasteiger partial charge in [-0.05, 0) is 44.4 Å². The van der Waals surface area contributed by atoms with E-state index < -0.39 is 0 Å². The molecule has 0 radical (unpaired) electrons. The topological polar surface area (TPSA) is 55.1 Å². The Hall–Kier alpha value is -0.220. The molecular weight excluding hydrogens is 232 g/mol. The van der Waals surface area contributed by atoms with Crippen LogP contribution in [0.5, 0.6) is 0 Å².